The summed E-state index contributed by atoms with van der Waals surface area (Å²) < 4.78 is 58.8. The molecule has 27 nitrogen and oxygen atoms in total. The zero-order chi connectivity index (χ0) is 62.7. The van der Waals surface area contributed by atoms with Crippen LogP contribution in [0.1, 0.15) is 113 Å². The Kier molecular flexibility index (Phi) is 19.4. The van der Waals surface area contributed by atoms with Crippen LogP contribution >= 0.6 is 0 Å². The monoisotopic (exact) mass is 1240 g/mol. The third kappa shape index (κ3) is 11.2. The molecular formula is C59H96O27. The van der Waals surface area contributed by atoms with Crippen LogP contribution in [0.3, 0.4) is 0 Å². The molecule has 16 N–H and O–H groups in total. The van der Waals surface area contributed by atoms with Crippen LogP contribution in [0.4, 0.5) is 0 Å². The van der Waals surface area contributed by atoms with Crippen molar-refractivity contribution in [3.8, 4) is 0 Å². The van der Waals surface area contributed by atoms with Gasteiger partial charge in [0.1, 0.15) is 110 Å². The van der Waals surface area contributed by atoms with Gasteiger partial charge in [-0.1, -0.05) is 53.2 Å². The van der Waals surface area contributed by atoms with Crippen molar-refractivity contribution in [2.24, 2.45) is 50.2 Å². The topological polar surface area (TPSA) is 433 Å². The van der Waals surface area contributed by atoms with Crippen molar-refractivity contribution >= 4 is 5.97 Å². The number of esters is 1. The third-order valence-electron chi connectivity index (χ3n) is 23.2. The van der Waals surface area contributed by atoms with Crippen LogP contribution in [-0.2, 0) is 52.2 Å². The van der Waals surface area contributed by atoms with Gasteiger partial charge in [-0.05, 0) is 111 Å². The van der Waals surface area contributed by atoms with Gasteiger partial charge >= 0.3 is 5.97 Å². The molecule has 10 aliphatic rings. The molecule has 0 aromatic heterocycles. The zero-order valence-corrected chi connectivity index (χ0v) is 50.0. The number of ether oxygens (including phenoxy) is 10. The lowest BCUT2D eigenvalue weighted by atomic mass is 9.33. The number of carbonyl (C=O) groups is 1. The summed E-state index contributed by atoms with van der Waals surface area (Å²) in [7, 11) is 0. The normalized spacial score (nSPS) is 54.8. The molecule has 5 heterocycles. The molecule has 10 rings (SSSR count). The minimum absolute atomic E-state index is 0.0781. The van der Waals surface area contributed by atoms with Gasteiger partial charge in [-0.25, -0.2) is 0 Å². The number of fused-ring (bicyclic) bond motifs is 7. The summed E-state index contributed by atoms with van der Waals surface area (Å²) in [5.41, 5.74) is -1.99. The lowest BCUT2D eigenvalue weighted by Gasteiger charge is -2.71. The summed E-state index contributed by atoms with van der Waals surface area (Å²) in [5.74, 6) is -0.894. The second-order valence-corrected chi connectivity index (χ2v) is 28.5. The van der Waals surface area contributed by atoms with Crippen LogP contribution in [-0.4, -0.2) is 274 Å². The summed E-state index contributed by atoms with van der Waals surface area (Å²) in [6, 6.07) is 0. The standard InChI is InChI=1S/C59H96O27/c1-24-34(64)37(67)41(71)50(79-24)85-47-29(20-61)81-48(44(74)40(47)70)78-22-30-36(66)39(69)43(73)52(82-30)86-53(76)59-16-14-54(2,3)18-26(59)25-8-9-32-55(4)12-11-33(56(5,23-62)31(55)10-13-58(32,7)57(25,6)15-17-59)83-49-45(75)46(27(63)21-77-49)84-51-42(72)38(68)35(65)28(19-60)80-51/h8,24,26-52,60-75H,9-23H2,1-7H3/t24-,26-,27-,28+,29+,30+,31+,32+,33-,34-,35+,36+,37-,38-,39-,40+,41+,42+,43+,44+,45+,46-,47+,48+,49-,50-,51-,52-,55-,56-,57+,58+,59-/m0/s1. The fraction of sp³-hybridized carbons (Fsp3) is 0.949. The molecule has 0 aromatic carbocycles. The van der Waals surface area contributed by atoms with Gasteiger partial charge in [0.25, 0.3) is 0 Å². The Morgan fingerprint density at radius 2 is 1.14 bits per heavy atom. The summed E-state index contributed by atoms with van der Waals surface area (Å²) in [6.45, 7) is 12.0. The molecule has 27 heteroatoms. The Morgan fingerprint density at radius 3 is 1.80 bits per heavy atom. The van der Waals surface area contributed by atoms with E-state index in [4.69, 9.17) is 47.4 Å². The van der Waals surface area contributed by atoms with Gasteiger partial charge in [0.05, 0.1) is 50.7 Å². The zero-order valence-electron chi connectivity index (χ0n) is 50.0. The quantitative estimate of drug-likeness (QED) is 0.0454. The van der Waals surface area contributed by atoms with E-state index in [2.05, 4.69) is 40.7 Å². The first-order valence-corrected chi connectivity index (χ1v) is 30.8. The first-order valence-electron chi connectivity index (χ1n) is 30.8. The minimum Gasteiger partial charge on any atom is -0.432 e. The van der Waals surface area contributed by atoms with E-state index in [-0.39, 0.29) is 47.2 Å². The van der Waals surface area contributed by atoms with Crippen LogP contribution in [0, 0.1) is 50.2 Å². The van der Waals surface area contributed by atoms with Crippen molar-refractivity contribution in [2.45, 2.75) is 266 Å². The van der Waals surface area contributed by atoms with Gasteiger partial charge in [0.2, 0.25) is 6.29 Å². The van der Waals surface area contributed by atoms with Crippen molar-refractivity contribution in [3.63, 3.8) is 0 Å². The number of allylic oxidation sites excluding steroid dienone is 2. The Hall–Kier alpha value is -1.79. The molecule has 0 amide bonds. The Bertz CT molecular complexity index is 2380. The second kappa shape index (κ2) is 24.9. The lowest BCUT2D eigenvalue weighted by molar-refractivity contribution is -0.361. The number of aliphatic hydroxyl groups is 16. The number of carbonyl (C=O) groups excluding carboxylic acids is 1. The van der Waals surface area contributed by atoms with E-state index in [1.165, 1.54) is 12.5 Å². The Labute approximate surface area is 499 Å². The minimum atomic E-state index is -1.91. The van der Waals surface area contributed by atoms with Crippen LogP contribution < -0.4 is 0 Å². The van der Waals surface area contributed by atoms with E-state index in [1.807, 2.05) is 6.92 Å². The molecule has 5 saturated heterocycles. The molecule has 0 bridgehead atoms. The average molecular weight is 1240 g/mol. The van der Waals surface area contributed by atoms with E-state index in [0.29, 0.717) is 57.8 Å². The van der Waals surface area contributed by atoms with E-state index < -0.39 is 196 Å². The summed E-state index contributed by atoms with van der Waals surface area (Å²) in [5, 5.41) is 173. The fourth-order valence-electron chi connectivity index (χ4n) is 17.6. The first-order chi connectivity index (χ1) is 40.4. The Morgan fingerprint density at radius 1 is 0.558 bits per heavy atom. The molecular weight excluding hydrogens is 1140 g/mol. The van der Waals surface area contributed by atoms with Gasteiger partial charge in [0.15, 0.2) is 25.2 Å². The number of aliphatic hydroxyl groups excluding tert-OH is 16. The van der Waals surface area contributed by atoms with E-state index >= 15 is 4.79 Å². The second-order valence-electron chi connectivity index (χ2n) is 28.5. The van der Waals surface area contributed by atoms with Crippen molar-refractivity contribution in [3.05, 3.63) is 11.6 Å². The molecule has 0 spiro atoms. The number of rotatable bonds is 14. The van der Waals surface area contributed by atoms with E-state index in [1.54, 1.807) is 0 Å². The largest absolute Gasteiger partial charge is 0.432 e. The van der Waals surface area contributed by atoms with Crippen LogP contribution in [0.25, 0.3) is 0 Å². The molecule has 86 heavy (non-hydrogen) atoms. The Balaban J connectivity index is 0.821. The highest BCUT2D eigenvalue weighted by Gasteiger charge is 2.71. The molecule has 9 fully saturated rings. The van der Waals surface area contributed by atoms with Crippen molar-refractivity contribution in [1.82, 2.24) is 0 Å². The van der Waals surface area contributed by atoms with Gasteiger partial charge in [0, 0.05) is 5.41 Å². The van der Waals surface area contributed by atoms with Crippen LogP contribution in [0.5, 0.6) is 0 Å². The third-order valence-corrected chi connectivity index (χ3v) is 23.2. The maximum atomic E-state index is 15.2. The predicted molar refractivity (Wildman–Crippen MR) is 289 cm³/mol. The highest BCUT2D eigenvalue weighted by molar-refractivity contribution is 5.79. The van der Waals surface area contributed by atoms with Crippen molar-refractivity contribution < 1.29 is 134 Å². The van der Waals surface area contributed by atoms with Crippen LogP contribution in [0.2, 0.25) is 0 Å². The summed E-state index contributed by atoms with van der Waals surface area (Å²) in [6.07, 6.45) is -31.0. The molecule has 5 aliphatic heterocycles. The van der Waals surface area contributed by atoms with Gasteiger partial charge in [-0.2, -0.15) is 0 Å². The van der Waals surface area contributed by atoms with E-state index in [9.17, 15) is 81.7 Å². The molecule has 33 atom stereocenters. The van der Waals surface area contributed by atoms with Crippen molar-refractivity contribution in [1.29, 1.82) is 0 Å². The average Bonchev–Trinajstić information content (AvgIpc) is 0.679. The fourth-order valence-corrected chi connectivity index (χ4v) is 17.6. The molecule has 4 saturated carbocycles. The van der Waals surface area contributed by atoms with Gasteiger partial charge in [-0.3, -0.25) is 4.79 Å². The maximum Gasteiger partial charge on any atom is 0.315 e. The maximum absolute atomic E-state index is 15.2. The predicted octanol–water partition coefficient (Wildman–Crippen LogP) is -3.57. The molecule has 0 radical (unpaired) electrons. The first kappa shape index (κ1) is 67.1. The van der Waals surface area contributed by atoms with E-state index in [0.717, 1.165) is 6.42 Å². The van der Waals surface area contributed by atoms with Gasteiger partial charge < -0.3 is 129 Å². The number of hydrogen-bond acceptors (Lipinski definition) is 27. The molecule has 0 aromatic rings. The smallest absolute Gasteiger partial charge is 0.315 e. The molecule has 494 valence electrons. The lowest BCUT2D eigenvalue weighted by Crippen LogP contribution is -2.67. The number of hydrogen-bond donors (Lipinski definition) is 16. The highest BCUT2D eigenvalue weighted by Crippen LogP contribution is 2.76. The molecule has 0 unspecified atom stereocenters. The van der Waals surface area contributed by atoms with Crippen molar-refractivity contribution in [2.75, 3.05) is 33.0 Å². The SMILES string of the molecule is C[C@@H]1O[C@@H](O[C@H]2[C@H](O)[C@@H](O)[C@H](OC[C@H]3O[C@@H](OC(=O)[C@]45CCC(C)(C)C[C@H]4C4=CC[C@@H]6[C@@]7(C)CC[C@H](O[C@@H]8OC[C@H](O)[C@H](O[C@@H]9O[C@H](CO)[C@@H](O)[C@H](O)[C@H]9O)[C@H]8O)[C@@](C)(CO)[C@@H]7CC[C@@]6(C)[C@]4(C)CC5)[C@H](O)[C@@H](O)[C@@H]3O)O[C@@H]2CO)[C@H](O)[C@@H](O)[C@H]1O. The summed E-state index contributed by atoms with van der Waals surface area (Å²) in [4.78, 5) is 15.2. The highest BCUT2D eigenvalue weighted by atomic mass is 16.8. The van der Waals surface area contributed by atoms with Gasteiger partial charge in [-0.15, -0.1) is 0 Å². The van der Waals surface area contributed by atoms with Crippen LogP contribution in [0.15, 0.2) is 11.6 Å². The molecule has 5 aliphatic carbocycles. The summed E-state index contributed by atoms with van der Waals surface area (Å²) >= 11 is 0.